The summed E-state index contributed by atoms with van der Waals surface area (Å²) in [5.41, 5.74) is 2.73. The summed E-state index contributed by atoms with van der Waals surface area (Å²) in [6, 6.07) is 6.41. The monoisotopic (exact) mass is 268 g/mol. The summed E-state index contributed by atoms with van der Waals surface area (Å²) in [5, 5.41) is 0. The van der Waals surface area contributed by atoms with Gasteiger partial charge in [-0.3, -0.25) is 0 Å². The Morgan fingerprint density at radius 3 is 2.44 bits per heavy atom. The second-order valence-corrected chi connectivity index (χ2v) is 5.50. The average Bonchev–Trinajstić information content (AvgIpc) is 2.33. The van der Waals surface area contributed by atoms with E-state index in [1.54, 1.807) is 0 Å². The van der Waals surface area contributed by atoms with Crippen molar-refractivity contribution in [3.8, 4) is 5.75 Å². The van der Waals surface area contributed by atoms with E-state index in [4.69, 9.17) is 16.3 Å². The van der Waals surface area contributed by atoms with E-state index in [1.807, 2.05) is 0 Å². The molecule has 0 aliphatic rings. The molecule has 2 heteroatoms. The van der Waals surface area contributed by atoms with Crippen LogP contribution in [0, 0.1) is 6.92 Å². The summed E-state index contributed by atoms with van der Waals surface area (Å²) in [5.74, 6) is 2.35. The van der Waals surface area contributed by atoms with Gasteiger partial charge in [-0.25, -0.2) is 0 Å². The minimum absolute atomic E-state index is 0.578. The van der Waals surface area contributed by atoms with Gasteiger partial charge in [0.2, 0.25) is 0 Å². The summed E-state index contributed by atoms with van der Waals surface area (Å²) >= 11 is 5.64. The van der Waals surface area contributed by atoms with Gasteiger partial charge in [-0.15, -0.1) is 11.6 Å². The number of benzene rings is 1. The lowest BCUT2D eigenvalue weighted by Gasteiger charge is -2.12. The molecule has 0 saturated heterocycles. The Morgan fingerprint density at radius 2 is 1.83 bits per heavy atom. The normalized spacial score (nSPS) is 10.9. The van der Waals surface area contributed by atoms with Crippen LogP contribution in [-0.2, 0) is 0 Å². The maximum Gasteiger partial charge on any atom is 0.119 e. The standard InChI is InChI=1S/C16H25ClO/c1-13(2)16-9-8-15(12-14(16)3)18-11-7-5-4-6-10-17/h8-9,12-13H,4-7,10-11H2,1-3H3. The Morgan fingerprint density at radius 1 is 1.11 bits per heavy atom. The summed E-state index contributed by atoms with van der Waals surface area (Å²) in [7, 11) is 0. The van der Waals surface area contributed by atoms with Gasteiger partial charge in [-0.05, 0) is 48.9 Å². The third-order valence-electron chi connectivity index (χ3n) is 3.16. The van der Waals surface area contributed by atoms with Crippen molar-refractivity contribution >= 4 is 11.6 Å². The Hall–Kier alpha value is -0.690. The molecule has 1 aromatic carbocycles. The predicted molar refractivity (Wildman–Crippen MR) is 80.0 cm³/mol. The molecule has 1 aromatic rings. The van der Waals surface area contributed by atoms with E-state index < -0.39 is 0 Å². The highest BCUT2D eigenvalue weighted by Crippen LogP contribution is 2.23. The third-order valence-corrected chi connectivity index (χ3v) is 3.43. The van der Waals surface area contributed by atoms with Crippen molar-refractivity contribution in [2.45, 2.75) is 52.4 Å². The molecule has 0 amide bonds. The van der Waals surface area contributed by atoms with E-state index in [1.165, 1.54) is 24.0 Å². The largest absolute Gasteiger partial charge is 0.494 e. The molecule has 1 nitrogen and oxygen atoms in total. The highest BCUT2D eigenvalue weighted by Gasteiger charge is 2.04. The number of rotatable bonds is 8. The van der Waals surface area contributed by atoms with Crippen LogP contribution in [0.4, 0.5) is 0 Å². The van der Waals surface area contributed by atoms with Crippen LogP contribution in [0.25, 0.3) is 0 Å². The van der Waals surface area contributed by atoms with Crippen LogP contribution in [0.5, 0.6) is 5.75 Å². The van der Waals surface area contributed by atoms with Crippen LogP contribution < -0.4 is 4.74 Å². The van der Waals surface area contributed by atoms with E-state index in [0.29, 0.717) is 5.92 Å². The van der Waals surface area contributed by atoms with Crippen molar-refractivity contribution in [3.63, 3.8) is 0 Å². The first-order valence-corrected chi connectivity index (χ1v) is 7.48. The first-order valence-electron chi connectivity index (χ1n) is 6.94. The number of unbranched alkanes of at least 4 members (excludes halogenated alkanes) is 3. The van der Waals surface area contributed by atoms with E-state index in [9.17, 15) is 0 Å². The second-order valence-electron chi connectivity index (χ2n) is 5.12. The number of hydrogen-bond donors (Lipinski definition) is 0. The van der Waals surface area contributed by atoms with Gasteiger partial charge in [0.05, 0.1) is 6.61 Å². The lowest BCUT2D eigenvalue weighted by Crippen LogP contribution is -1.99. The van der Waals surface area contributed by atoms with E-state index in [2.05, 4.69) is 39.0 Å². The zero-order valence-electron chi connectivity index (χ0n) is 11.8. The van der Waals surface area contributed by atoms with Gasteiger partial charge in [-0.2, -0.15) is 0 Å². The SMILES string of the molecule is Cc1cc(OCCCCCCCl)ccc1C(C)C. The molecule has 1 rings (SSSR count). The Kier molecular flexibility index (Phi) is 7.19. The van der Waals surface area contributed by atoms with Gasteiger partial charge >= 0.3 is 0 Å². The van der Waals surface area contributed by atoms with Crippen molar-refractivity contribution in [2.75, 3.05) is 12.5 Å². The average molecular weight is 269 g/mol. The van der Waals surface area contributed by atoms with E-state index in [-0.39, 0.29) is 0 Å². The molecule has 0 saturated carbocycles. The molecule has 0 aliphatic heterocycles. The fourth-order valence-corrected chi connectivity index (χ4v) is 2.31. The predicted octanol–water partition coefficient (Wildman–Crippen LogP) is 5.30. The molecule has 0 atom stereocenters. The molecular formula is C16H25ClO. The van der Waals surface area contributed by atoms with Gasteiger partial charge in [0.1, 0.15) is 5.75 Å². The van der Waals surface area contributed by atoms with E-state index >= 15 is 0 Å². The summed E-state index contributed by atoms with van der Waals surface area (Å²) in [6.45, 7) is 7.41. The molecule has 0 radical (unpaired) electrons. The van der Waals surface area contributed by atoms with Gasteiger partial charge in [0, 0.05) is 5.88 Å². The summed E-state index contributed by atoms with van der Waals surface area (Å²) in [4.78, 5) is 0. The zero-order chi connectivity index (χ0) is 13.4. The van der Waals surface area contributed by atoms with Gasteiger partial charge in [-0.1, -0.05) is 32.8 Å². The maximum atomic E-state index is 5.77. The maximum absolute atomic E-state index is 5.77. The van der Waals surface area contributed by atoms with Crippen molar-refractivity contribution in [2.24, 2.45) is 0 Å². The summed E-state index contributed by atoms with van der Waals surface area (Å²) < 4.78 is 5.77. The first-order chi connectivity index (χ1) is 8.65. The molecule has 0 aliphatic carbocycles. The molecule has 0 fully saturated rings. The molecular weight excluding hydrogens is 244 g/mol. The number of aryl methyl sites for hydroxylation is 1. The van der Waals surface area contributed by atoms with Gasteiger partial charge in [0.15, 0.2) is 0 Å². The topological polar surface area (TPSA) is 9.23 Å². The van der Waals surface area contributed by atoms with Crippen LogP contribution in [0.3, 0.4) is 0 Å². The number of alkyl halides is 1. The molecule has 18 heavy (non-hydrogen) atoms. The first kappa shape index (κ1) is 15.4. The summed E-state index contributed by atoms with van der Waals surface area (Å²) in [6.07, 6.45) is 4.64. The van der Waals surface area contributed by atoms with Crippen molar-refractivity contribution < 1.29 is 4.74 Å². The fraction of sp³-hybridized carbons (Fsp3) is 0.625. The third kappa shape index (κ3) is 5.30. The lowest BCUT2D eigenvalue weighted by molar-refractivity contribution is 0.305. The van der Waals surface area contributed by atoms with Gasteiger partial charge in [0.25, 0.3) is 0 Å². The molecule has 0 aromatic heterocycles. The minimum atomic E-state index is 0.578. The molecule has 0 N–H and O–H groups in total. The smallest absolute Gasteiger partial charge is 0.119 e. The van der Waals surface area contributed by atoms with Crippen LogP contribution in [0.1, 0.15) is 56.6 Å². The number of halogens is 1. The van der Waals surface area contributed by atoms with Crippen molar-refractivity contribution in [3.05, 3.63) is 29.3 Å². The van der Waals surface area contributed by atoms with Gasteiger partial charge < -0.3 is 4.74 Å². The Balaban J connectivity index is 2.33. The van der Waals surface area contributed by atoms with Crippen molar-refractivity contribution in [1.82, 2.24) is 0 Å². The second kappa shape index (κ2) is 8.42. The lowest BCUT2D eigenvalue weighted by atomic mass is 9.98. The van der Waals surface area contributed by atoms with Crippen LogP contribution in [0.15, 0.2) is 18.2 Å². The highest BCUT2D eigenvalue weighted by molar-refractivity contribution is 6.17. The molecule has 0 unspecified atom stereocenters. The van der Waals surface area contributed by atoms with Crippen molar-refractivity contribution in [1.29, 1.82) is 0 Å². The minimum Gasteiger partial charge on any atom is -0.494 e. The Bertz CT molecular complexity index is 347. The number of ether oxygens (including phenoxy) is 1. The van der Waals surface area contributed by atoms with Crippen LogP contribution in [0.2, 0.25) is 0 Å². The number of hydrogen-bond acceptors (Lipinski definition) is 1. The van der Waals surface area contributed by atoms with Crippen LogP contribution in [-0.4, -0.2) is 12.5 Å². The molecule has 0 spiro atoms. The molecule has 0 heterocycles. The fourth-order valence-electron chi connectivity index (χ4n) is 2.13. The van der Waals surface area contributed by atoms with Crippen LogP contribution >= 0.6 is 11.6 Å². The molecule has 0 bridgehead atoms. The van der Waals surface area contributed by atoms with E-state index in [0.717, 1.165) is 31.1 Å². The zero-order valence-corrected chi connectivity index (χ0v) is 12.6. The Labute approximate surface area is 116 Å². The molecule has 102 valence electrons. The highest BCUT2D eigenvalue weighted by atomic mass is 35.5. The quantitative estimate of drug-likeness (QED) is 0.459.